The summed E-state index contributed by atoms with van der Waals surface area (Å²) in [6.45, 7) is 10.2. The summed E-state index contributed by atoms with van der Waals surface area (Å²) in [7, 11) is 1.81. The summed E-state index contributed by atoms with van der Waals surface area (Å²) in [5.41, 5.74) is 0. The van der Waals surface area contributed by atoms with Crippen molar-refractivity contribution in [2.75, 3.05) is 39.9 Å². The number of rotatable bonds is 8. The first-order valence-corrected chi connectivity index (χ1v) is 6.71. The van der Waals surface area contributed by atoms with Gasteiger partial charge >= 0.3 is 0 Å². The molecule has 1 aliphatic heterocycles. The quantitative estimate of drug-likeness (QED) is 0.640. The van der Waals surface area contributed by atoms with Crippen molar-refractivity contribution in [3.05, 3.63) is 0 Å². The molecule has 0 amide bonds. The number of hydrogen-bond donors (Lipinski definition) is 1. The van der Waals surface area contributed by atoms with Crippen LogP contribution in [0.2, 0.25) is 0 Å². The van der Waals surface area contributed by atoms with Gasteiger partial charge in [0.15, 0.2) is 0 Å². The molecule has 1 N–H and O–H groups in total. The predicted octanol–water partition coefficient (Wildman–Crippen LogP) is 1.73. The molecule has 1 aliphatic rings. The molecule has 16 heavy (non-hydrogen) atoms. The van der Waals surface area contributed by atoms with Gasteiger partial charge in [0.2, 0.25) is 0 Å². The summed E-state index contributed by atoms with van der Waals surface area (Å²) in [5, 5.41) is 3.38. The second kappa shape index (κ2) is 8.04. The van der Waals surface area contributed by atoms with Gasteiger partial charge in [0.25, 0.3) is 0 Å². The van der Waals surface area contributed by atoms with Crippen molar-refractivity contribution in [1.82, 2.24) is 10.2 Å². The summed E-state index contributed by atoms with van der Waals surface area (Å²) in [4.78, 5) is 2.62. The van der Waals surface area contributed by atoms with Crippen molar-refractivity contribution >= 4 is 0 Å². The lowest BCUT2D eigenvalue weighted by atomic mass is 10.1. The molecule has 1 heterocycles. The van der Waals surface area contributed by atoms with E-state index >= 15 is 0 Å². The van der Waals surface area contributed by atoms with Crippen molar-refractivity contribution in [2.24, 2.45) is 5.92 Å². The third-order valence-corrected chi connectivity index (χ3v) is 3.57. The smallest absolute Gasteiger partial charge is 0.0503 e. The van der Waals surface area contributed by atoms with Crippen LogP contribution in [0.4, 0.5) is 0 Å². The van der Waals surface area contributed by atoms with Gasteiger partial charge in [0.1, 0.15) is 0 Å². The van der Waals surface area contributed by atoms with Crippen LogP contribution in [0.5, 0.6) is 0 Å². The molecule has 2 unspecified atom stereocenters. The maximum atomic E-state index is 5.23. The standard InChI is InChI=1S/C13H28N2O/c1-4-14-8-5-6-12(2)15-9-7-13(10-15)11-16-3/h12-14H,4-11H2,1-3H3. The molecule has 0 spiro atoms. The van der Waals surface area contributed by atoms with Crippen LogP contribution < -0.4 is 5.32 Å². The lowest BCUT2D eigenvalue weighted by molar-refractivity contribution is 0.147. The third kappa shape index (κ3) is 4.81. The highest BCUT2D eigenvalue weighted by Gasteiger charge is 2.25. The summed E-state index contributed by atoms with van der Waals surface area (Å²) < 4.78 is 5.23. The second-order valence-corrected chi connectivity index (χ2v) is 4.95. The molecule has 2 atom stereocenters. The van der Waals surface area contributed by atoms with Crippen LogP contribution in [0.15, 0.2) is 0 Å². The van der Waals surface area contributed by atoms with Crippen LogP contribution in [-0.2, 0) is 4.74 Å². The van der Waals surface area contributed by atoms with Gasteiger partial charge in [0, 0.05) is 19.7 Å². The number of methoxy groups -OCH3 is 1. The van der Waals surface area contributed by atoms with Gasteiger partial charge < -0.3 is 15.0 Å². The first-order chi connectivity index (χ1) is 7.77. The van der Waals surface area contributed by atoms with E-state index in [2.05, 4.69) is 24.1 Å². The van der Waals surface area contributed by atoms with Gasteiger partial charge in [-0.25, -0.2) is 0 Å². The minimum Gasteiger partial charge on any atom is -0.384 e. The Morgan fingerprint density at radius 1 is 1.50 bits per heavy atom. The van der Waals surface area contributed by atoms with Crippen molar-refractivity contribution < 1.29 is 4.74 Å². The fourth-order valence-electron chi connectivity index (χ4n) is 2.52. The molecular weight excluding hydrogens is 200 g/mol. The molecule has 0 radical (unpaired) electrons. The predicted molar refractivity (Wildman–Crippen MR) is 68.8 cm³/mol. The molecule has 0 bridgehead atoms. The normalized spacial score (nSPS) is 23.8. The van der Waals surface area contributed by atoms with Gasteiger partial charge in [0.05, 0.1) is 6.61 Å². The van der Waals surface area contributed by atoms with Crippen molar-refractivity contribution in [2.45, 2.75) is 39.2 Å². The highest BCUT2D eigenvalue weighted by Crippen LogP contribution is 2.20. The molecule has 0 saturated carbocycles. The molecular formula is C13H28N2O. The fourth-order valence-corrected chi connectivity index (χ4v) is 2.52. The van der Waals surface area contributed by atoms with Gasteiger partial charge in [-0.1, -0.05) is 6.92 Å². The van der Waals surface area contributed by atoms with Crippen LogP contribution in [0.3, 0.4) is 0 Å². The van der Waals surface area contributed by atoms with E-state index in [4.69, 9.17) is 4.74 Å². The highest BCUT2D eigenvalue weighted by molar-refractivity contribution is 4.79. The number of likely N-dealkylation sites (tertiary alicyclic amines) is 1. The summed E-state index contributed by atoms with van der Waals surface area (Å²) >= 11 is 0. The van der Waals surface area contributed by atoms with E-state index < -0.39 is 0 Å². The SMILES string of the molecule is CCNCCCC(C)N1CCC(COC)C1. The maximum Gasteiger partial charge on any atom is 0.0503 e. The Labute approximate surface area is 101 Å². The average molecular weight is 228 g/mol. The van der Waals surface area contributed by atoms with Crippen molar-refractivity contribution in [3.8, 4) is 0 Å². The Balaban J connectivity index is 2.10. The van der Waals surface area contributed by atoms with Gasteiger partial charge in [-0.2, -0.15) is 0 Å². The number of ether oxygens (including phenoxy) is 1. The monoisotopic (exact) mass is 228 g/mol. The lowest BCUT2D eigenvalue weighted by Crippen LogP contribution is -2.32. The molecule has 0 aromatic carbocycles. The van der Waals surface area contributed by atoms with Crippen LogP contribution >= 0.6 is 0 Å². The summed E-state index contributed by atoms with van der Waals surface area (Å²) in [5.74, 6) is 0.765. The van der Waals surface area contributed by atoms with Gasteiger partial charge in [-0.3, -0.25) is 0 Å². The van der Waals surface area contributed by atoms with Crippen LogP contribution in [-0.4, -0.2) is 50.8 Å². The largest absolute Gasteiger partial charge is 0.384 e. The number of nitrogens with zero attached hydrogens (tertiary/aromatic N) is 1. The van der Waals surface area contributed by atoms with E-state index in [1.54, 1.807) is 0 Å². The first kappa shape index (κ1) is 13.9. The molecule has 3 nitrogen and oxygen atoms in total. The zero-order chi connectivity index (χ0) is 11.8. The molecule has 0 aliphatic carbocycles. The molecule has 3 heteroatoms. The van der Waals surface area contributed by atoms with Gasteiger partial charge in [-0.05, 0) is 51.7 Å². The minimum absolute atomic E-state index is 0.737. The summed E-state index contributed by atoms with van der Waals surface area (Å²) in [6.07, 6.45) is 3.92. The molecule has 0 aromatic heterocycles. The number of hydrogen-bond acceptors (Lipinski definition) is 3. The van der Waals surface area contributed by atoms with Crippen molar-refractivity contribution in [1.29, 1.82) is 0 Å². The van der Waals surface area contributed by atoms with E-state index in [-0.39, 0.29) is 0 Å². The number of nitrogens with one attached hydrogen (secondary N) is 1. The average Bonchev–Trinajstić information content (AvgIpc) is 2.73. The van der Waals surface area contributed by atoms with Crippen LogP contribution in [0, 0.1) is 5.92 Å². The molecule has 96 valence electrons. The van der Waals surface area contributed by atoms with Crippen LogP contribution in [0.1, 0.15) is 33.1 Å². The van der Waals surface area contributed by atoms with E-state index in [1.165, 1.54) is 32.4 Å². The molecule has 1 rings (SSSR count). The first-order valence-electron chi connectivity index (χ1n) is 6.71. The Bertz CT molecular complexity index is 175. The highest BCUT2D eigenvalue weighted by atomic mass is 16.5. The Hall–Kier alpha value is -0.120. The van der Waals surface area contributed by atoms with Crippen molar-refractivity contribution in [3.63, 3.8) is 0 Å². The summed E-state index contributed by atoms with van der Waals surface area (Å²) in [6, 6.07) is 0.737. The van der Waals surface area contributed by atoms with Crippen LogP contribution in [0.25, 0.3) is 0 Å². The lowest BCUT2D eigenvalue weighted by Gasteiger charge is -2.24. The molecule has 0 aromatic rings. The zero-order valence-electron chi connectivity index (χ0n) is 11.2. The fraction of sp³-hybridized carbons (Fsp3) is 1.00. The Morgan fingerprint density at radius 2 is 2.31 bits per heavy atom. The third-order valence-electron chi connectivity index (χ3n) is 3.57. The van der Waals surface area contributed by atoms with E-state index in [1.807, 2.05) is 7.11 Å². The Kier molecular flexibility index (Phi) is 7.01. The maximum absolute atomic E-state index is 5.23. The van der Waals surface area contributed by atoms with E-state index in [9.17, 15) is 0 Å². The topological polar surface area (TPSA) is 24.5 Å². The van der Waals surface area contributed by atoms with E-state index in [0.717, 1.165) is 31.7 Å². The Morgan fingerprint density at radius 3 is 3.00 bits per heavy atom. The van der Waals surface area contributed by atoms with Gasteiger partial charge in [-0.15, -0.1) is 0 Å². The second-order valence-electron chi connectivity index (χ2n) is 4.95. The molecule has 1 fully saturated rings. The molecule has 1 saturated heterocycles. The zero-order valence-corrected chi connectivity index (χ0v) is 11.2. The van der Waals surface area contributed by atoms with E-state index in [0.29, 0.717) is 0 Å². The minimum atomic E-state index is 0.737.